The Bertz CT molecular complexity index is 1040. The number of nitro benzene ring substituents is 1. The van der Waals surface area contributed by atoms with E-state index in [1.807, 2.05) is 34.7 Å². The van der Waals surface area contributed by atoms with Gasteiger partial charge in [0.2, 0.25) is 0 Å². The van der Waals surface area contributed by atoms with Crippen LogP contribution >= 0.6 is 11.8 Å². The van der Waals surface area contributed by atoms with E-state index in [-0.39, 0.29) is 5.69 Å². The van der Waals surface area contributed by atoms with Crippen molar-refractivity contribution in [1.29, 1.82) is 0 Å². The standard InChI is InChI=1S/C17H12N4O2S/c22-21(23)14-8-5-12(6-9-14)11-24-17-19-18-16-10-7-13-3-1-2-4-15(13)20(16)17/h1-10H,11H2. The Kier molecular flexibility index (Phi) is 3.62. The third-order valence-electron chi connectivity index (χ3n) is 3.76. The van der Waals surface area contributed by atoms with Crippen LogP contribution in [0.3, 0.4) is 0 Å². The summed E-state index contributed by atoms with van der Waals surface area (Å²) >= 11 is 1.56. The highest BCUT2D eigenvalue weighted by Crippen LogP contribution is 2.26. The highest BCUT2D eigenvalue weighted by Gasteiger charge is 2.10. The number of nitro groups is 1. The first kappa shape index (κ1) is 14.6. The Labute approximate surface area is 141 Å². The molecule has 2 heterocycles. The van der Waals surface area contributed by atoms with Crippen LogP contribution in [0.2, 0.25) is 0 Å². The second kappa shape index (κ2) is 5.93. The maximum atomic E-state index is 10.7. The number of fused-ring (bicyclic) bond motifs is 3. The average Bonchev–Trinajstić information content (AvgIpc) is 3.04. The number of para-hydroxylation sites is 1. The van der Waals surface area contributed by atoms with E-state index in [9.17, 15) is 10.1 Å². The maximum absolute atomic E-state index is 10.7. The van der Waals surface area contributed by atoms with Gasteiger partial charge in [-0.05, 0) is 29.1 Å². The van der Waals surface area contributed by atoms with E-state index in [1.54, 1.807) is 23.9 Å². The molecular weight excluding hydrogens is 324 g/mol. The van der Waals surface area contributed by atoms with Crippen LogP contribution in [0, 0.1) is 10.1 Å². The third-order valence-corrected chi connectivity index (χ3v) is 4.76. The van der Waals surface area contributed by atoms with Crippen molar-refractivity contribution >= 4 is 34.0 Å². The van der Waals surface area contributed by atoms with Crippen LogP contribution in [-0.4, -0.2) is 19.5 Å². The molecule has 4 rings (SSSR count). The van der Waals surface area contributed by atoms with Gasteiger partial charge in [-0.15, -0.1) is 10.2 Å². The van der Waals surface area contributed by atoms with E-state index < -0.39 is 4.92 Å². The van der Waals surface area contributed by atoms with E-state index in [0.29, 0.717) is 5.75 Å². The fraction of sp³-hybridized carbons (Fsp3) is 0.0588. The molecular formula is C17H12N4O2S. The normalized spacial score (nSPS) is 11.2. The minimum atomic E-state index is -0.394. The predicted molar refractivity (Wildman–Crippen MR) is 93.2 cm³/mol. The summed E-state index contributed by atoms with van der Waals surface area (Å²) in [5, 5.41) is 21.1. The number of nitrogens with zero attached hydrogens (tertiary/aromatic N) is 4. The van der Waals surface area contributed by atoms with Crippen molar-refractivity contribution in [2.24, 2.45) is 0 Å². The smallest absolute Gasteiger partial charge is 0.269 e. The van der Waals surface area contributed by atoms with Crippen LogP contribution in [0.15, 0.2) is 65.8 Å². The van der Waals surface area contributed by atoms with Crippen molar-refractivity contribution in [2.45, 2.75) is 10.9 Å². The van der Waals surface area contributed by atoms with E-state index in [4.69, 9.17) is 0 Å². The lowest BCUT2D eigenvalue weighted by atomic mass is 10.2. The molecule has 0 fully saturated rings. The van der Waals surface area contributed by atoms with Gasteiger partial charge in [-0.3, -0.25) is 14.5 Å². The fourth-order valence-electron chi connectivity index (χ4n) is 2.57. The molecule has 24 heavy (non-hydrogen) atoms. The summed E-state index contributed by atoms with van der Waals surface area (Å²) in [4.78, 5) is 10.3. The molecule has 0 N–H and O–H groups in total. The molecule has 0 radical (unpaired) electrons. The second-order valence-corrected chi connectivity index (χ2v) is 6.22. The molecule has 0 aliphatic heterocycles. The molecule has 0 bridgehead atoms. The van der Waals surface area contributed by atoms with Crippen LogP contribution in [0.1, 0.15) is 5.56 Å². The van der Waals surface area contributed by atoms with E-state index in [1.165, 1.54) is 12.1 Å². The van der Waals surface area contributed by atoms with Crippen molar-refractivity contribution in [3.63, 3.8) is 0 Å². The topological polar surface area (TPSA) is 73.3 Å². The van der Waals surface area contributed by atoms with Gasteiger partial charge in [-0.25, -0.2) is 0 Å². The molecule has 0 aliphatic rings. The first-order valence-electron chi connectivity index (χ1n) is 7.31. The molecule has 0 saturated heterocycles. The molecule has 0 aliphatic carbocycles. The van der Waals surface area contributed by atoms with E-state index in [0.717, 1.165) is 27.3 Å². The molecule has 0 atom stereocenters. The summed E-state index contributed by atoms with van der Waals surface area (Å²) in [5.74, 6) is 0.669. The number of pyridine rings is 1. The van der Waals surface area contributed by atoms with Crippen molar-refractivity contribution < 1.29 is 4.92 Å². The lowest BCUT2D eigenvalue weighted by Crippen LogP contribution is -1.92. The van der Waals surface area contributed by atoms with Gasteiger partial charge in [0.1, 0.15) is 0 Å². The fourth-order valence-corrected chi connectivity index (χ4v) is 3.48. The highest BCUT2D eigenvalue weighted by molar-refractivity contribution is 7.98. The van der Waals surface area contributed by atoms with Gasteiger partial charge in [-0.1, -0.05) is 42.1 Å². The summed E-state index contributed by atoms with van der Waals surface area (Å²) in [6, 6.07) is 18.7. The number of thioether (sulfide) groups is 1. The molecule has 4 aromatic rings. The van der Waals surface area contributed by atoms with Gasteiger partial charge in [0.25, 0.3) is 5.69 Å². The number of rotatable bonds is 4. The zero-order chi connectivity index (χ0) is 16.5. The minimum absolute atomic E-state index is 0.0997. The van der Waals surface area contributed by atoms with E-state index in [2.05, 4.69) is 16.3 Å². The average molecular weight is 336 g/mol. The van der Waals surface area contributed by atoms with Crippen LogP contribution < -0.4 is 0 Å². The van der Waals surface area contributed by atoms with Crippen LogP contribution in [0.4, 0.5) is 5.69 Å². The SMILES string of the molecule is O=[N+]([O-])c1ccc(CSc2nnc3ccc4ccccc4n23)cc1. The van der Waals surface area contributed by atoms with Crippen molar-refractivity contribution in [2.75, 3.05) is 0 Å². The zero-order valence-corrected chi connectivity index (χ0v) is 13.3. The third kappa shape index (κ3) is 2.59. The molecule has 2 aromatic heterocycles. The Morgan fingerprint density at radius 2 is 1.79 bits per heavy atom. The lowest BCUT2D eigenvalue weighted by molar-refractivity contribution is -0.384. The van der Waals surface area contributed by atoms with Crippen molar-refractivity contribution in [1.82, 2.24) is 14.6 Å². The molecule has 0 saturated carbocycles. The van der Waals surface area contributed by atoms with Gasteiger partial charge < -0.3 is 0 Å². The summed E-state index contributed by atoms with van der Waals surface area (Å²) in [5.41, 5.74) is 2.97. The quantitative estimate of drug-likeness (QED) is 0.319. The first-order valence-corrected chi connectivity index (χ1v) is 8.30. The number of aromatic nitrogens is 3. The summed E-state index contributed by atoms with van der Waals surface area (Å²) in [7, 11) is 0. The first-order chi connectivity index (χ1) is 11.7. The zero-order valence-electron chi connectivity index (χ0n) is 12.5. The second-order valence-electron chi connectivity index (χ2n) is 5.28. The molecule has 118 valence electrons. The van der Waals surface area contributed by atoms with Crippen molar-refractivity contribution in [3.8, 4) is 0 Å². The van der Waals surface area contributed by atoms with Gasteiger partial charge in [-0.2, -0.15) is 0 Å². The lowest BCUT2D eigenvalue weighted by Gasteiger charge is -2.04. The molecule has 0 amide bonds. The molecule has 7 heteroatoms. The predicted octanol–water partition coefficient (Wildman–Crippen LogP) is 4.08. The van der Waals surface area contributed by atoms with Crippen molar-refractivity contribution in [3.05, 3.63) is 76.3 Å². The molecule has 0 spiro atoms. The Morgan fingerprint density at radius 3 is 2.58 bits per heavy atom. The van der Waals surface area contributed by atoms with Gasteiger partial charge in [0.05, 0.1) is 10.4 Å². The highest BCUT2D eigenvalue weighted by atomic mass is 32.2. The van der Waals surface area contributed by atoms with Crippen LogP contribution in [-0.2, 0) is 5.75 Å². The number of non-ortho nitro benzene ring substituents is 1. The Balaban J connectivity index is 1.65. The van der Waals surface area contributed by atoms with Crippen LogP contribution in [0.25, 0.3) is 16.6 Å². The van der Waals surface area contributed by atoms with E-state index >= 15 is 0 Å². The number of hydrogen-bond acceptors (Lipinski definition) is 5. The Hall–Kier alpha value is -2.93. The minimum Gasteiger partial charge on any atom is -0.270 e. The molecule has 0 unspecified atom stereocenters. The van der Waals surface area contributed by atoms with Gasteiger partial charge >= 0.3 is 0 Å². The summed E-state index contributed by atoms with van der Waals surface area (Å²) in [6.07, 6.45) is 0. The summed E-state index contributed by atoms with van der Waals surface area (Å²) < 4.78 is 2.03. The largest absolute Gasteiger partial charge is 0.270 e. The maximum Gasteiger partial charge on any atom is 0.269 e. The number of hydrogen-bond donors (Lipinski definition) is 0. The number of benzene rings is 2. The monoisotopic (exact) mass is 336 g/mol. The van der Waals surface area contributed by atoms with Gasteiger partial charge in [0.15, 0.2) is 10.8 Å². The molecule has 2 aromatic carbocycles. The van der Waals surface area contributed by atoms with Crippen LogP contribution in [0.5, 0.6) is 0 Å². The molecule has 6 nitrogen and oxygen atoms in total. The summed E-state index contributed by atoms with van der Waals surface area (Å²) in [6.45, 7) is 0. The van der Waals surface area contributed by atoms with Gasteiger partial charge in [0, 0.05) is 17.9 Å². The Morgan fingerprint density at radius 1 is 1.00 bits per heavy atom.